The van der Waals surface area contributed by atoms with E-state index >= 15 is 0 Å². The molecule has 1 N–H and O–H groups in total. The van der Waals surface area contributed by atoms with Gasteiger partial charge in [-0.1, -0.05) is 18.5 Å². The van der Waals surface area contributed by atoms with E-state index in [1.165, 1.54) is 0 Å². The zero-order chi connectivity index (χ0) is 13.8. The highest BCUT2D eigenvalue weighted by Crippen LogP contribution is 2.17. The fourth-order valence-corrected chi connectivity index (χ4v) is 2.19. The number of hydrogen-bond acceptors (Lipinski definition) is 2. The molecule has 6 heteroatoms. The number of halogens is 2. The van der Waals surface area contributed by atoms with Crippen LogP contribution in [0.25, 0.3) is 0 Å². The van der Waals surface area contributed by atoms with Crippen molar-refractivity contribution in [3.8, 4) is 0 Å². The zero-order valence-electron chi connectivity index (χ0n) is 10.4. The van der Waals surface area contributed by atoms with Crippen LogP contribution in [0, 0.1) is 0 Å². The van der Waals surface area contributed by atoms with E-state index in [1.807, 2.05) is 11.5 Å². The summed E-state index contributed by atoms with van der Waals surface area (Å²) < 4.78 is 2.58. The molecule has 2 rings (SSSR count). The number of pyridine rings is 1. The first kappa shape index (κ1) is 14.1. The Hall–Kier alpha value is -1.33. The maximum atomic E-state index is 12.2. The minimum absolute atomic E-state index is 0.190. The summed E-state index contributed by atoms with van der Waals surface area (Å²) in [5, 5.41) is 3.36. The van der Waals surface area contributed by atoms with Crippen LogP contribution in [0.3, 0.4) is 0 Å². The molecule has 0 unspecified atom stereocenters. The Morgan fingerprint density at radius 2 is 2.32 bits per heavy atom. The molecule has 1 amide bonds. The van der Waals surface area contributed by atoms with Gasteiger partial charge in [-0.3, -0.25) is 4.79 Å². The van der Waals surface area contributed by atoms with Crippen LogP contribution in [0.4, 0.5) is 5.69 Å². The summed E-state index contributed by atoms with van der Waals surface area (Å²) in [5.41, 5.74) is 1.20. The molecule has 100 valence electrons. The van der Waals surface area contributed by atoms with Gasteiger partial charge in [0.2, 0.25) is 0 Å². The Morgan fingerprint density at radius 1 is 1.53 bits per heavy atom. The normalized spacial score (nSPS) is 10.5. The van der Waals surface area contributed by atoms with Crippen molar-refractivity contribution >= 4 is 39.1 Å². The summed E-state index contributed by atoms with van der Waals surface area (Å²) in [7, 11) is 0. The number of aromatic nitrogens is 2. The van der Waals surface area contributed by atoms with Crippen LogP contribution in [0.15, 0.2) is 35.2 Å². The summed E-state index contributed by atoms with van der Waals surface area (Å²) >= 11 is 9.20. The van der Waals surface area contributed by atoms with E-state index in [2.05, 4.69) is 26.2 Å². The maximum absolute atomic E-state index is 12.2. The smallest absolute Gasteiger partial charge is 0.272 e. The molecule has 0 saturated heterocycles. The van der Waals surface area contributed by atoms with Gasteiger partial charge in [-0.05, 0) is 40.5 Å². The molecule has 0 radical (unpaired) electrons. The zero-order valence-corrected chi connectivity index (χ0v) is 12.7. The summed E-state index contributed by atoms with van der Waals surface area (Å²) in [5.74, 6) is -0.190. The number of nitrogens with zero attached hydrogens (tertiary/aromatic N) is 2. The van der Waals surface area contributed by atoms with Crippen LogP contribution in [0.5, 0.6) is 0 Å². The number of carbonyl (C=O) groups excluding carboxylic acids is 1. The van der Waals surface area contributed by atoms with E-state index in [4.69, 9.17) is 11.6 Å². The van der Waals surface area contributed by atoms with Crippen molar-refractivity contribution in [2.45, 2.75) is 19.9 Å². The van der Waals surface area contributed by atoms with Gasteiger partial charge in [-0.2, -0.15) is 0 Å². The fourth-order valence-electron chi connectivity index (χ4n) is 1.74. The first-order valence-electron chi connectivity index (χ1n) is 5.88. The third-order valence-electron chi connectivity index (χ3n) is 2.55. The van der Waals surface area contributed by atoms with Crippen molar-refractivity contribution in [3.05, 3.63) is 45.9 Å². The van der Waals surface area contributed by atoms with Crippen molar-refractivity contribution in [3.63, 3.8) is 0 Å². The van der Waals surface area contributed by atoms with Crippen LogP contribution in [-0.4, -0.2) is 15.5 Å². The van der Waals surface area contributed by atoms with Crippen LogP contribution < -0.4 is 5.32 Å². The number of carbonyl (C=O) groups is 1. The highest BCUT2D eigenvalue weighted by atomic mass is 79.9. The Balaban J connectivity index is 2.17. The molecular formula is C13H13BrClN3O. The van der Waals surface area contributed by atoms with Gasteiger partial charge in [0.05, 0.1) is 16.9 Å². The van der Waals surface area contributed by atoms with E-state index < -0.39 is 0 Å². The second-order valence-electron chi connectivity index (χ2n) is 4.06. The van der Waals surface area contributed by atoms with Gasteiger partial charge < -0.3 is 9.88 Å². The van der Waals surface area contributed by atoms with E-state index in [0.29, 0.717) is 16.4 Å². The summed E-state index contributed by atoms with van der Waals surface area (Å²) in [6.45, 7) is 2.81. The van der Waals surface area contributed by atoms with Crippen molar-refractivity contribution in [1.82, 2.24) is 9.55 Å². The topological polar surface area (TPSA) is 46.9 Å². The van der Waals surface area contributed by atoms with Crippen molar-refractivity contribution in [2.24, 2.45) is 0 Å². The molecule has 2 heterocycles. The molecule has 0 spiro atoms. The average molecular weight is 343 g/mol. The Bertz CT molecular complexity index is 580. The number of rotatable bonds is 4. The first-order chi connectivity index (χ1) is 9.10. The molecule has 0 fully saturated rings. The Labute approximate surface area is 124 Å². The van der Waals surface area contributed by atoms with Gasteiger partial charge in [0.15, 0.2) is 0 Å². The lowest BCUT2D eigenvalue weighted by Crippen LogP contribution is -2.16. The average Bonchev–Trinajstić information content (AvgIpc) is 2.74. The minimum atomic E-state index is -0.190. The molecule has 0 aliphatic carbocycles. The third-order valence-corrected chi connectivity index (χ3v) is 3.22. The predicted molar refractivity (Wildman–Crippen MR) is 79.6 cm³/mol. The lowest BCUT2D eigenvalue weighted by Gasteiger charge is -2.08. The van der Waals surface area contributed by atoms with Gasteiger partial charge in [0.1, 0.15) is 10.3 Å². The van der Waals surface area contributed by atoms with Crippen LogP contribution in [-0.2, 0) is 6.54 Å². The number of aryl methyl sites for hydroxylation is 1. The number of amides is 1. The molecule has 2 aromatic heterocycles. The van der Waals surface area contributed by atoms with Crippen LogP contribution in [0.1, 0.15) is 23.8 Å². The predicted octanol–water partition coefficient (Wildman–Crippen LogP) is 3.96. The SMILES string of the molecule is CCCn1cc(Cl)cc1C(=O)Nc1ccc(Br)nc1. The molecular weight excluding hydrogens is 330 g/mol. The van der Waals surface area contributed by atoms with E-state index in [-0.39, 0.29) is 5.91 Å². The van der Waals surface area contributed by atoms with Gasteiger partial charge in [0, 0.05) is 12.7 Å². The monoisotopic (exact) mass is 341 g/mol. The molecule has 0 saturated carbocycles. The molecule has 0 bridgehead atoms. The first-order valence-corrected chi connectivity index (χ1v) is 7.06. The standard InChI is InChI=1S/C13H13BrClN3O/c1-2-5-18-8-9(15)6-11(18)13(19)17-10-3-4-12(14)16-7-10/h3-4,6-8H,2,5H2,1H3,(H,17,19). The Kier molecular flexibility index (Phi) is 4.61. The largest absolute Gasteiger partial charge is 0.342 e. The van der Waals surface area contributed by atoms with E-state index in [1.54, 1.807) is 30.6 Å². The molecule has 0 aliphatic heterocycles. The highest BCUT2D eigenvalue weighted by Gasteiger charge is 2.13. The summed E-state index contributed by atoms with van der Waals surface area (Å²) in [6, 6.07) is 5.22. The molecule has 2 aromatic rings. The van der Waals surface area contributed by atoms with Crippen molar-refractivity contribution < 1.29 is 4.79 Å². The summed E-state index contributed by atoms with van der Waals surface area (Å²) in [6.07, 6.45) is 4.29. The van der Waals surface area contributed by atoms with E-state index in [0.717, 1.165) is 17.6 Å². The van der Waals surface area contributed by atoms with Gasteiger partial charge >= 0.3 is 0 Å². The maximum Gasteiger partial charge on any atom is 0.272 e. The summed E-state index contributed by atoms with van der Waals surface area (Å²) in [4.78, 5) is 16.2. The van der Waals surface area contributed by atoms with Crippen molar-refractivity contribution in [1.29, 1.82) is 0 Å². The quantitative estimate of drug-likeness (QED) is 0.855. The number of hydrogen-bond donors (Lipinski definition) is 1. The Morgan fingerprint density at radius 3 is 2.95 bits per heavy atom. The van der Waals surface area contributed by atoms with Gasteiger partial charge in [-0.25, -0.2) is 4.98 Å². The molecule has 0 aromatic carbocycles. The second-order valence-corrected chi connectivity index (χ2v) is 5.31. The third kappa shape index (κ3) is 3.58. The lowest BCUT2D eigenvalue weighted by atomic mass is 10.3. The van der Waals surface area contributed by atoms with Gasteiger partial charge in [-0.15, -0.1) is 0 Å². The highest BCUT2D eigenvalue weighted by molar-refractivity contribution is 9.10. The minimum Gasteiger partial charge on any atom is -0.342 e. The number of anilines is 1. The molecule has 4 nitrogen and oxygen atoms in total. The van der Waals surface area contributed by atoms with Crippen molar-refractivity contribution in [2.75, 3.05) is 5.32 Å². The van der Waals surface area contributed by atoms with Crippen LogP contribution in [0.2, 0.25) is 5.02 Å². The fraction of sp³-hybridized carbons (Fsp3) is 0.231. The molecule has 19 heavy (non-hydrogen) atoms. The lowest BCUT2D eigenvalue weighted by molar-refractivity contribution is 0.101. The number of nitrogens with one attached hydrogen (secondary N) is 1. The van der Waals surface area contributed by atoms with Gasteiger partial charge in [0.25, 0.3) is 5.91 Å². The molecule has 0 aliphatic rings. The molecule has 0 atom stereocenters. The van der Waals surface area contributed by atoms with E-state index in [9.17, 15) is 4.79 Å². The van der Waals surface area contributed by atoms with Crippen LogP contribution >= 0.6 is 27.5 Å². The second kappa shape index (κ2) is 6.21.